The molecular formula is C11H11BrN2O3. The van der Waals surface area contributed by atoms with E-state index in [0.29, 0.717) is 21.5 Å². The molecule has 0 saturated heterocycles. The van der Waals surface area contributed by atoms with E-state index in [2.05, 4.69) is 21.2 Å². The van der Waals surface area contributed by atoms with E-state index in [-0.39, 0.29) is 6.61 Å². The van der Waals surface area contributed by atoms with Crippen molar-refractivity contribution in [3.63, 3.8) is 0 Å². The zero-order chi connectivity index (χ0) is 12.8. The highest BCUT2D eigenvalue weighted by Crippen LogP contribution is 2.31. The summed E-state index contributed by atoms with van der Waals surface area (Å²) in [7, 11) is 1.46. The molecule has 1 rings (SSSR count). The summed E-state index contributed by atoms with van der Waals surface area (Å²) >= 11 is 3.23. The van der Waals surface area contributed by atoms with Gasteiger partial charge in [0.25, 0.3) is 0 Å². The van der Waals surface area contributed by atoms with Crippen LogP contribution in [0.3, 0.4) is 0 Å². The first-order chi connectivity index (χ1) is 8.12. The smallest absolute Gasteiger partial charge is 0.411 e. The standard InChI is InChI=1S/C11H11BrN2O3/c1-3-17-11(15)14-9-5-8(12)7(6-13)4-10(9)16-2/h4-5H,3H2,1-2H3,(H,14,15). The topological polar surface area (TPSA) is 71.3 Å². The predicted molar refractivity (Wildman–Crippen MR) is 66.1 cm³/mol. The average Bonchev–Trinajstić information content (AvgIpc) is 2.29. The van der Waals surface area contributed by atoms with Gasteiger partial charge in [0, 0.05) is 10.5 Å². The van der Waals surface area contributed by atoms with Gasteiger partial charge in [-0.1, -0.05) is 0 Å². The van der Waals surface area contributed by atoms with Crippen LogP contribution < -0.4 is 10.1 Å². The monoisotopic (exact) mass is 298 g/mol. The fraction of sp³-hybridized carbons (Fsp3) is 0.273. The van der Waals surface area contributed by atoms with Crippen LogP contribution in [0.2, 0.25) is 0 Å². The second kappa shape index (κ2) is 6.11. The van der Waals surface area contributed by atoms with Crippen molar-refractivity contribution in [2.24, 2.45) is 0 Å². The van der Waals surface area contributed by atoms with Crippen molar-refractivity contribution < 1.29 is 14.3 Å². The zero-order valence-electron chi connectivity index (χ0n) is 9.41. The van der Waals surface area contributed by atoms with E-state index in [0.717, 1.165) is 0 Å². The van der Waals surface area contributed by atoms with Gasteiger partial charge in [-0.3, -0.25) is 5.32 Å². The number of ether oxygens (including phenoxy) is 2. The number of carbonyl (C=O) groups excluding carboxylic acids is 1. The minimum atomic E-state index is -0.567. The summed E-state index contributed by atoms with van der Waals surface area (Å²) in [6.45, 7) is 2.00. The van der Waals surface area contributed by atoms with Crippen molar-refractivity contribution in [1.82, 2.24) is 0 Å². The number of amides is 1. The normalized spacial score (nSPS) is 9.29. The number of rotatable bonds is 3. The summed E-state index contributed by atoms with van der Waals surface area (Å²) in [5.41, 5.74) is 0.869. The lowest BCUT2D eigenvalue weighted by Gasteiger charge is -2.11. The minimum Gasteiger partial charge on any atom is -0.495 e. The maximum Gasteiger partial charge on any atom is 0.411 e. The minimum absolute atomic E-state index is 0.283. The second-order valence-corrected chi connectivity index (χ2v) is 3.84. The van der Waals surface area contributed by atoms with Crippen LogP contribution in [0.4, 0.5) is 10.5 Å². The maximum atomic E-state index is 11.3. The Morgan fingerprint density at radius 3 is 2.82 bits per heavy atom. The highest BCUT2D eigenvalue weighted by Gasteiger charge is 2.11. The average molecular weight is 299 g/mol. The first kappa shape index (κ1) is 13.3. The predicted octanol–water partition coefficient (Wildman–Crippen LogP) is 2.90. The number of hydrogen-bond donors (Lipinski definition) is 1. The lowest BCUT2D eigenvalue weighted by atomic mass is 10.2. The van der Waals surface area contributed by atoms with Crippen molar-refractivity contribution in [3.8, 4) is 11.8 Å². The Morgan fingerprint density at radius 2 is 2.29 bits per heavy atom. The SMILES string of the molecule is CCOC(=O)Nc1cc(Br)c(C#N)cc1OC. The van der Waals surface area contributed by atoms with Gasteiger partial charge >= 0.3 is 6.09 Å². The highest BCUT2D eigenvalue weighted by molar-refractivity contribution is 9.10. The van der Waals surface area contributed by atoms with E-state index in [1.807, 2.05) is 6.07 Å². The number of nitriles is 1. The van der Waals surface area contributed by atoms with Gasteiger partial charge in [0.1, 0.15) is 11.8 Å². The number of halogens is 1. The Bertz CT molecular complexity index is 469. The van der Waals surface area contributed by atoms with Crippen LogP contribution in [-0.2, 0) is 4.74 Å². The summed E-state index contributed by atoms with van der Waals surface area (Å²) < 4.78 is 10.4. The third kappa shape index (κ3) is 3.36. The van der Waals surface area contributed by atoms with Crippen LogP contribution in [0.5, 0.6) is 5.75 Å². The molecule has 1 amide bonds. The largest absolute Gasteiger partial charge is 0.495 e. The van der Waals surface area contributed by atoms with Gasteiger partial charge in [0.2, 0.25) is 0 Å². The van der Waals surface area contributed by atoms with E-state index in [9.17, 15) is 4.79 Å². The molecule has 0 bridgehead atoms. The van der Waals surface area contributed by atoms with Crippen LogP contribution in [0.1, 0.15) is 12.5 Å². The van der Waals surface area contributed by atoms with Crippen molar-refractivity contribution >= 4 is 27.7 Å². The van der Waals surface area contributed by atoms with Gasteiger partial charge < -0.3 is 9.47 Å². The molecule has 0 unspecified atom stereocenters. The number of benzene rings is 1. The first-order valence-corrected chi connectivity index (χ1v) is 5.63. The van der Waals surface area contributed by atoms with Crippen LogP contribution >= 0.6 is 15.9 Å². The van der Waals surface area contributed by atoms with Crippen molar-refractivity contribution in [2.75, 3.05) is 19.0 Å². The van der Waals surface area contributed by atoms with Crippen molar-refractivity contribution in [3.05, 3.63) is 22.2 Å². The number of nitrogens with one attached hydrogen (secondary N) is 1. The molecule has 0 atom stereocenters. The molecule has 5 nitrogen and oxygen atoms in total. The maximum absolute atomic E-state index is 11.3. The van der Waals surface area contributed by atoms with Gasteiger partial charge in [0.05, 0.1) is 25.0 Å². The number of hydrogen-bond acceptors (Lipinski definition) is 4. The molecule has 0 fully saturated rings. The van der Waals surface area contributed by atoms with E-state index >= 15 is 0 Å². The third-order valence-electron chi connectivity index (χ3n) is 1.92. The Balaban J connectivity index is 3.03. The van der Waals surface area contributed by atoms with Gasteiger partial charge in [-0.05, 0) is 28.9 Å². The molecule has 0 aliphatic rings. The van der Waals surface area contributed by atoms with Crippen LogP contribution in [0.15, 0.2) is 16.6 Å². The molecule has 0 radical (unpaired) electrons. The van der Waals surface area contributed by atoms with Crippen molar-refractivity contribution in [2.45, 2.75) is 6.92 Å². The summed E-state index contributed by atoms with van der Waals surface area (Å²) in [5, 5.41) is 11.4. The lowest BCUT2D eigenvalue weighted by Crippen LogP contribution is -2.14. The van der Waals surface area contributed by atoms with Crippen LogP contribution in [0, 0.1) is 11.3 Å². The molecule has 6 heteroatoms. The van der Waals surface area contributed by atoms with E-state index in [1.54, 1.807) is 13.0 Å². The molecule has 90 valence electrons. The Labute approximate surface area is 107 Å². The van der Waals surface area contributed by atoms with Gasteiger partial charge in [-0.15, -0.1) is 0 Å². The number of methoxy groups -OCH3 is 1. The molecule has 1 aromatic carbocycles. The fourth-order valence-corrected chi connectivity index (χ4v) is 1.61. The number of carbonyl (C=O) groups is 1. The van der Waals surface area contributed by atoms with Crippen molar-refractivity contribution in [1.29, 1.82) is 5.26 Å². The molecular weight excluding hydrogens is 288 g/mol. The molecule has 17 heavy (non-hydrogen) atoms. The summed E-state index contributed by atoms with van der Waals surface area (Å²) in [4.78, 5) is 11.3. The summed E-state index contributed by atoms with van der Waals surface area (Å²) in [5.74, 6) is 0.401. The zero-order valence-corrected chi connectivity index (χ0v) is 11.0. The molecule has 0 spiro atoms. The second-order valence-electron chi connectivity index (χ2n) is 2.99. The van der Waals surface area contributed by atoms with E-state index in [1.165, 1.54) is 13.2 Å². The first-order valence-electron chi connectivity index (χ1n) is 4.83. The van der Waals surface area contributed by atoms with Gasteiger partial charge in [-0.2, -0.15) is 5.26 Å². The van der Waals surface area contributed by atoms with Gasteiger partial charge in [-0.25, -0.2) is 4.79 Å². The molecule has 0 aromatic heterocycles. The molecule has 0 aliphatic heterocycles. The van der Waals surface area contributed by atoms with Crippen LogP contribution in [-0.4, -0.2) is 19.8 Å². The molecule has 1 aromatic rings. The third-order valence-corrected chi connectivity index (χ3v) is 2.58. The fourth-order valence-electron chi connectivity index (χ4n) is 1.18. The Morgan fingerprint density at radius 1 is 1.59 bits per heavy atom. The highest BCUT2D eigenvalue weighted by atomic mass is 79.9. The Hall–Kier alpha value is -1.74. The van der Waals surface area contributed by atoms with E-state index in [4.69, 9.17) is 14.7 Å². The van der Waals surface area contributed by atoms with Crippen LogP contribution in [0.25, 0.3) is 0 Å². The summed E-state index contributed by atoms with van der Waals surface area (Å²) in [6.07, 6.45) is -0.567. The molecule has 1 N–H and O–H groups in total. The number of nitrogens with zero attached hydrogens (tertiary/aromatic N) is 1. The Kier molecular flexibility index (Phi) is 4.79. The molecule has 0 heterocycles. The summed E-state index contributed by atoms with van der Waals surface area (Å²) in [6, 6.07) is 5.13. The lowest BCUT2D eigenvalue weighted by molar-refractivity contribution is 0.168. The van der Waals surface area contributed by atoms with E-state index < -0.39 is 6.09 Å². The quantitative estimate of drug-likeness (QED) is 0.931. The molecule has 0 aliphatic carbocycles. The van der Waals surface area contributed by atoms with Gasteiger partial charge in [0.15, 0.2) is 0 Å². The molecule has 0 saturated carbocycles. The number of anilines is 1.